The zero-order chi connectivity index (χ0) is 9.84. The molecule has 1 heteroatoms. The second-order valence-corrected chi connectivity index (χ2v) is 3.12. The van der Waals surface area contributed by atoms with Gasteiger partial charge in [0.15, 0.2) is 0 Å². The molecule has 0 aliphatic heterocycles. The zero-order valence-corrected chi connectivity index (χ0v) is 7.97. The third-order valence-electron chi connectivity index (χ3n) is 1.79. The molecular formula is C12H13F. The van der Waals surface area contributed by atoms with Crippen molar-refractivity contribution in [2.24, 2.45) is 0 Å². The average molecular weight is 176 g/mol. The molecule has 0 fully saturated rings. The summed E-state index contributed by atoms with van der Waals surface area (Å²) in [5.41, 5.74) is 1.16. The fourth-order valence-corrected chi connectivity index (χ4v) is 1.07. The minimum Gasteiger partial charge on any atom is -0.212 e. The molecule has 13 heavy (non-hydrogen) atoms. The number of allylic oxidation sites excluding steroid dienone is 2. The van der Waals surface area contributed by atoms with Crippen molar-refractivity contribution in [3.8, 4) is 0 Å². The lowest BCUT2D eigenvalue weighted by Crippen LogP contribution is -2.22. The lowest BCUT2D eigenvalue weighted by atomic mass is 10.1. The Balaban J connectivity index is 3.29. The summed E-state index contributed by atoms with van der Waals surface area (Å²) >= 11 is 0. The van der Waals surface area contributed by atoms with Gasteiger partial charge in [0, 0.05) is 0 Å². The topological polar surface area (TPSA) is 0 Å². The van der Waals surface area contributed by atoms with Gasteiger partial charge in [-0.05, 0) is 30.4 Å². The van der Waals surface area contributed by atoms with Crippen LogP contribution < -0.4 is 10.4 Å². The molecule has 0 saturated heterocycles. The van der Waals surface area contributed by atoms with E-state index in [1.54, 1.807) is 6.08 Å². The van der Waals surface area contributed by atoms with Crippen LogP contribution in [-0.4, -0.2) is 0 Å². The molecule has 0 aliphatic rings. The summed E-state index contributed by atoms with van der Waals surface area (Å²) in [7, 11) is 0. The minimum atomic E-state index is -0.194. The molecule has 1 rings (SSSR count). The summed E-state index contributed by atoms with van der Waals surface area (Å²) in [6.07, 6.45) is 3.19. The first kappa shape index (κ1) is 9.72. The Morgan fingerprint density at radius 2 is 2.15 bits per heavy atom. The third-order valence-corrected chi connectivity index (χ3v) is 1.79. The molecular weight excluding hydrogens is 163 g/mol. The van der Waals surface area contributed by atoms with Crippen molar-refractivity contribution in [2.45, 2.75) is 13.8 Å². The normalized spacial score (nSPS) is 13.5. The maximum atomic E-state index is 12.4. The smallest absolute Gasteiger partial charge is 0.0968 e. The van der Waals surface area contributed by atoms with Crippen LogP contribution in [0.4, 0.5) is 4.39 Å². The van der Waals surface area contributed by atoms with E-state index in [0.717, 1.165) is 16.0 Å². The largest absolute Gasteiger partial charge is 0.212 e. The quantitative estimate of drug-likeness (QED) is 0.614. The molecule has 0 aliphatic carbocycles. The van der Waals surface area contributed by atoms with Crippen molar-refractivity contribution >= 4 is 12.7 Å². The summed E-state index contributed by atoms with van der Waals surface area (Å²) in [6, 6.07) is 5.91. The van der Waals surface area contributed by atoms with Gasteiger partial charge in [0.2, 0.25) is 0 Å². The molecule has 68 valence electrons. The second kappa shape index (κ2) is 4.04. The monoisotopic (exact) mass is 176 g/mol. The van der Waals surface area contributed by atoms with Crippen LogP contribution in [0.25, 0.3) is 12.7 Å². The second-order valence-electron chi connectivity index (χ2n) is 3.12. The highest BCUT2D eigenvalue weighted by Crippen LogP contribution is 1.92. The molecule has 0 spiro atoms. The number of halogens is 1. The van der Waals surface area contributed by atoms with Crippen LogP contribution in [0.5, 0.6) is 0 Å². The highest BCUT2D eigenvalue weighted by molar-refractivity contribution is 5.39. The van der Waals surface area contributed by atoms with E-state index in [4.69, 9.17) is 0 Å². The van der Waals surface area contributed by atoms with E-state index in [2.05, 4.69) is 6.58 Å². The van der Waals surface area contributed by atoms with Crippen LogP contribution in [0, 0.1) is 6.92 Å². The van der Waals surface area contributed by atoms with E-state index in [0.29, 0.717) is 0 Å². The molecule has 1 aromatic carbocycles. The van der Waals surface area contributed by atoms with Gasteiger partial charge in [-0.3, -0.25) is 0 Å². The molecule has 0 bridgehead atoms. The van der Waals surface area contributed by atoms with Crippen molar-refractivity contribution in [3.05, 3.63) is 46.1 Å². The molecule has 0 radical (unpaired) electrons. The molecule has 1 aromatic rings. The maximum absolute atomic E-state index is 12.4. The molecule has 0 unspecified atom stereocenters. The Hall–Kier alpha value is -1.37. The number of hydrogen-bond acceptors (Lipinski definition) is 0. The van der Waals surface area contributed by atoms with Gasteiger partial charge in [-0.1, -0.05) is 36.4 Å². The summed E-state index contributed by atoms with van der Waals surface area (Å²) in [5, 5.41) is 1.89. The van der Waals surface area contributed by atoms with E-state index >= 15 is 0 Å². The van der Waals surface area contributed by atoms with E-state index in [1.807, 2.05) is 25.1 Å². The lowest BCUT2D eigenvalue weighted by molar-refractivity contribution is 0.642. The van der Waals surface area contributed by atoms with Crippen LogP contribution in [-0.2, 0) is 0 Å². The SMILES string of the molecule is C=c1ccc(C)c/c1=C/C=C(\C)F. The highest BCUT2D eigenvalue weighted by atomic mass is 19.1. The van der Waals surface area contributed by atoms with Crippen molar-refractivity contribution in [3.63, 3.8) is 0 Å². The summed E-state index contributed by atoms with van der Waals surface area (Å²) < 4.78 is 12.4. The highest BCUT2D eigenvalue weighted by Gasteiger charge is 1.84. The fraction of sp³-hybridized carbons (Fsp3) is 0.167. The molecule has 0 amide bonds. The van der Waals surface area contributed by atoms with Crippen LogP contribution in [0.1, 0.15) is 12.5 Å². The van der Waals surface area contributed by atoms with Gasteiger partial charge in [0.1, 0.15) is 0 Å². The fourth-order valence-electron chi connectivity index (χ4n) is 1.07. The Morgan fingerprint density at radius 3 is 2.77 bits per heavy atom. The van der Waals surface area contributed by atoms with Crippen molar-refractivity contribution in [2.75, 3.05) is 0 Å². The minimum absolute atomic E-state index is 0.194. The molecule has 0 N–H and O–H groups in total. The van der Waals surface area contributed by atoms with Crippen molar-refractivity contribution in [1.29, 1.82) is 0 Å². The standard InChI is InChI=1S/C12H13F/c1-9-4-5-10(2)12(8-9)7-6-11(3)13/h4-8H,2H2,1,3H3/b11-6+,12-7-. The van der Waals surface area contributed by atoms with Crippen molar-refractivity contribution in [1.82, 2.24) is 0 Å². The van der Waals surface area contributed by atoms with E-state index < -0.39 is 0 Å². The molecule has 0 aromatic heterocycles. The van der Waals surface area contributed by atoms with Gasteiger partial charge in [-0.15, -0.1) is 0 Å². The third kappa shape index (κ3) is 2.86. The first-order valence-corrected chi connectivity index (χ1v) is 4.19. The van der Waals surface area contributed by atoms with Gasteiger partial charge in [-0.2, -0.15) is 0 Å². The average Bonchev–Trinajstić information content (AvgIpc) is 2.06. The summed E-state index contributed by atoms with van der Waals surface area (Å²) in [5.74, 6) is -0.194. The van der Waals surface area contributed by atoms with Gasteiger partial charge >= 0.3 is 0 Å². The predicted octanol–water partition coefficient (Wildman–Crippen LogP) is 2.06. The first-order valence-electron chi connectivity index (χ1n) is 4.19. The Morgan fingerprint density at radius 1 is 1.46 bits per heavy atom. The molecule has 0 atom stereocenters. The Kier molecular flexibility index (Phi) is 3.02. The van der Waals surface area contributed by atoms with Crippen LogP contribution >= 0.6 is 0 Å². The van der Waals surface area contributed by atoms with Gasteiger partial charge in [0.05, 0.1) is 5.83 Å². The number of hydrogen-bond donors (Lipinski definition) is 0. The number of aryl methyl sites for hydroxylation is 1. The van der Waals surface area contributed by atoms with Gasteiger partial charge < -0.3 is 0 Å². The van der Waals surface area contributed by atoms with E-state index in [1.165, 1.54) is 13.0 Å². The first-order chi connectivity index (χ1) is 6.09. The predicted molar refractivity (Wildman–Crippen MR) is 55.3 cm³/mol. The summed E-state index contributed by atoms with van der Waals surface area (Å²) in [6.45, 7) is 7.29. The van der Waals surface area contributed by atoms with E-state index in [-0.39, 0.29) is 5.83 Å². The maximum Gasteiger partial charge on any atom is 0.0968 e. The molecule has 0 saturated carbocycles. The van der Waals surface area contributed by atoms with Crippen molar-refractivity contribution < 1.29 is 4.39 Å². The van der Waals surface area contributed by atoms with Crippen LogP contribution in [0.2, 0.25) is 0 Å². The summed E-state index contributed by atoms with van der Waals surface area (Å²) in [4.78, 5) is 0. The van der Waals surface area contributed by atoms with Crippen LogP contribution in [0.15, 0.2) is 30.1 Å². The lowest BCUT2D eigenvalue weighted by Gasteiger charge is -1.91. The van der Waals surface area contributed by atoms with Gasteiger partial charge in [0.25, 0.3) is 0 Å². The number of rotatable bonds is 1. The Labute approximate surface area is 77.7 Å². The molecule has 0 heterocycles. The zero-order valence-electron chi connectivity index (χ0n) is 7.97. The molecule has 0 nitrogen and oxygen atoms in total. The Bertz CT molecular complexity index is 423. The van der Waals surface area contributed by atoms with Gasteiger partial charge in [-0.25, -0.2) is 4.39 Å². The number of benzene rings is 1. The van der Waals surface area contributed by atoms with Crippen LogP contribution in [0.3, 0.4) is 0 Å². The van der Waals surface area contributed by atoms with E-state index in [9.17, 15) is 4.39 Å².